The smallest absolute Gasteiger partial charge is 0.228 e. The van der Waals surface area contributed by atoms with Crippen LogP contribution in [-0.4, -0.2) is 23.1 Å². The van der Waals surface area contributed by atoms with Crippen molar-refractivity contribution in [2.75, 3.05) is 18.4 Å². The van der Waals surface area contributed by atoms with Crippen LogP contribution in [0.3, 0.4) is 0 Å². The molecule has 0 fully saturated rings. The molecule has 0 unspecified atom stereocenters. The monoisotopic (exact) mass is 288 g/mol. The molecule has 104 valence electrons. The molecule has 0 spiro atoms. The van der Waals surface area contributed by atoms with Gasteiger partial charge in [0.25, 0.3) is 0 Å². The molecule has 0 saturated heterocycles. The number of rotatable bonds is 2. The zero-order valence-corrected chi connectivity index (χ0v) is 12.2. The van der Waals surface area contributed by atoms with Crippen LogP contribution in [0.2, 0.25) is 5.15 Å². The summed E-state index contributed by atoms with van der Waals surface area (Å²) >= 11 is 6.29. The van der Waals surface area contributed by atoms with Gasteiger partial charge in [-0.15, -0.1) is 0 Å². The maximum Gasteiger partial charge on any atom is 0.228 e. The van der Waals surface area contributed by atoms with Crippen molar-refractivity contribution in [1.82, 2.24) is 15.3 Å². The maximum atomic E-state index is 6.29. The Labute approximate surface area is 123 Å². The highest BCUT2D eigenvalue weighted by Gasteiger charge is 2.15. The Morgan fingerprint density at radius 1 is 1.10 bits per heavy atom. The first-order valence-corrected chi connectivity index (χ1v) is 7.20. The Morgan fingerprint density at radius 2 is 1.85 bits per heavy atom. The highest BCUT2D eigenvalue weighted by atomic mass is 35.5. The summed E-state index contributed by atoms with van der Waals surface area (Å²) in [6, 6.07) is 8.13. The molecule has 0 amide bonds. The number of aromatic nitrogens is 2. The van der Waals surface area contributed by atoms with Crippen molar-refractivity contribution in [1.29, 1.82) is 0 Å². The second kappa shape index (κ2) is 5.77. The molecule has 4 nitrogen and oxygen atoms in total. The maximum absolute atomic E-state index is 6.29. The first-order valence-electron chi connectivity index (χ1n) is 6.82. The summed E-state index contributed by atoms with van der Waals surface area (Å²) in [4.78, 5) is 8.97. The van der Waals surface area contributed by atoms with Gasteiger partial charge >= 0.3 is 0 Å². The molecule has 0 aliphatic carbocycles. The average Bonchev–Trinajstić information content (AvgIpc) is 2.67. The van der Waals surface area contributed by atoms with E-state index in [2.05, 4.69) is 39.7 Å². The van der Waals surface area contributed by atoms with Gasteiger partial charge in [-0.05, 0) is 32.0 Å². The van der Waals surface area contributed by atoms with E-state index in [-0.39, 0.29) is 0 Å². The fraction of sp³-hybridized carbons (Fsp3) is 0.333. The fourth-order valence-corrected chi connectivity index (χ4v) is 2.60. The Bertz CT molecular complexity index is 610. The van der Waals surface area contributed by atoms with E-state index in [1.807, 2.05) is 12.1 Å². The van der Waals surface area contributed by atoms with Crippen molar-refractivity contribution in [3.63, 3.8) is 0 Å². The number of nitrogens with zero attached hydrogens (tertiary/aromatic N) is 2. The van der Waals surface area contributed by atoms with Gasteiger partial charge in [0.1, 0.15) is 5.15 Å². The van der Waals surface area contributed by atoms with E-state index >= 15 is 0 Å². The minimum Gasteiger partial charge on any atom is -0.324 e. The van der Waals surface area contributed by atoms with Crippen molar-refractivity contribution < 1.29 is 0 Å². The van der Waals surface area contributed by atoms with E-state index in [0.717, 1.165) is 42.9 Å². The summed E-state index contributed by atoms with van der Waals surface area (Å²) in [7, 11) is 0. The molecule has 3 rings (SSSR count). The van der Waals surface area contributed by atoms with E-state index in [4.69, 9.17) is 11.6 Å². The van der Waals surface area contributed by atoms with Crippen LogP contribution in [0.4, 0.5) is 11.6 Å². The van der Waals surface area contributed by atoms with Crippen LogP contribution in [0, 0.1) is 6.92 Å². The third-order valence-corrected chi connectivity index (χ3v) is 3.75. The Morgan fingerprint density at radius 3 is 2.65 bits per heavy atom. The zero-order chi connectivity index (χ0) is 13.9. The van der Waals surface area contributed by atoms with E-state index in [1.165, 1.54) is 5.56 Å². The third-order valence-electron chi connectivity index (χ3n) is 3.44. The van der Waals surface area contributed by atoms with Crippen LogP contribution in [-0.2, 0) is 12.8 Å². The van der Waals surface area contributed by atoms with Gasteiger partial charge in [0.2, 0.25) is 5.95 Å². The standard InChI is InChI=1S/C15H17ClN4/c1-10-2-4-11(5-3-10)18-15-19-13-7-9-17-8-6-12(13)14(16)20-15/h2-5,17H,6-9H2,1H3,(H,18,19,20). The lowest BCUT2D eigenvalue weighted by Crippen LogP contribution is -2.16. The predicted octanol–water partition coefficient (Wildman–Crippen LogP) is 2.87. The quantitative estimate of drug-likeness (QED) is 0.835. The van der Waals surface area contributed by atoms with Crippen LogP contribution < -0.4 is 10.6 Å². The van der Waals surface area contributed by atoms with E-state index in [1.54, 1.807) is 0 Å². The molecule has 0 saturated carbocycles. The van der Waals surface area contributed by atoms with Crippen LogP contribution in [0.25, 0.3) is 0 Å². The van der Waals surface area contributed by atoms with Crippen LogP contribution >= 0.6 is 11.6 Å². The molecule has 1 aromatic heterocycles. The van der Waals surface area contributed by atoms with E-state index in [9.17, 15) is 0 Å². The lowest BCUT2D eigenvalue weighted by molar-refractivity contribution is 0.708. The van der Waals surface area contributed by atoms with Gasteiger partial charge in [0, 0.05) is 24.2 Å². The number of hydrogen-bond acceptors (Lipinski definition) is 4. The van der Waals surface area contributed by atoms with E-state index in [0.29, 0.717) is 11.1 Å². The van der Waals surface area contributed by atoms with Crippen molar-refractivity contribution in [3.8, 4) is 0 Å². The van der Waals surface area contributed by atoms with Crippen LogP contribution in [0.5, 0.6) is 0 Å². The molecular formula is C15H17ClN4. The molecule has 2 aromatic rings. The molecule has 0 atom stereocenters. The predicted molar refractivity (Wildman–Crippen MR) is 81.8 cm³/mol. The van der Waals surface area contributed by atoms with Gasteiger partial charge in [0.05, 0.1) is 5.69 Å². The minimum atomic E-state index is 0.563. The topological polar surface area (TPSA) is 49.8 Å². The SMILES string of the molecule is Cc1ccc(Nc2nc(Cl)c3c(n2)CCNCC3)cc1. The lowest BCUT2D eigenvalue weighted by atomic mass is 10.1. The highest BCUT2D eigenvalue weighted by molar-refractivity contribution is 6.30. The first kappa shape index (κ1) is 13.3. The Balaban J connectivity index is 1.89. The highest BCUT2D eigenvalue weighted by Crippen LogP contribution is 2.23. The first-order chi connectivity index (χ1) is 9.72. The summed E-state index contributed by atoms with van der Waals surface area (Å²) in [5.41, 5.74) is 4.32. The fourth-order valence-electron chi connectivity index (χ4n) is 2.32. The summed E-state index contributed by atoms with van der Waals surface area (Å²) in [5.74, 6) is 0.569. The van der Waals surface area contributed by atoms with Gasteiger partial charge in [-0.2, -0.15) is 0 Å². The average molecular weight is 289 g/mol. The summed E-state index contributed by atoms with van der Waals surface area (Å²) < 4.78 is 0. The summed E-state index contributed by atoms with van der Waals surface area (Å²) in [6.07, 6.45) is 1.78. The zero-order valence-electron chi connectivity index (χ0n) is 11.4. The van der Waals surface area contributed by atoms with Crippen molar-refractivity contribution >= 4 is 23.2 Å². The van der Waals surface area contributed by atoms with Gasteiger partial charge in [0.15, 0.2) is 0 Å². The summed E-state index contributed by atoms with van der Waals surface area (Å²) in [5, 5.41) is 7.13. The number of aryl methyl sites for hydroxylation is 1. The lowest BCUT2D eigenvalue weighted by Gasteiger charge is -2.10. The van der Waals surface area contributed by atoms with Crippen molar-refractivity contribution in [3.05, 3.63) is 46.2 Å². The minimum absolute atomic E-state index is 0.563. The van der Waals surface area contributed by atoms with Gasteiger partial charge in [-0.3, -0.25) is 0 Å². The molecular weight excluding hydrogens is 272 g/mol. The Hall–Kier alpha value is -1.65. The van der Waals surface area contributed by atoms with Crippen LogP contribution in [0.15, 0.2) is 24.3 Å². The number of nitrogens with one attached hydrogen (secondary N) is 2. The second-order valence-corrected chi connectivity index (χ2v) is 5.36. The van der Waals surface area contributed by atoms with Crippen molar-refractivity contribution in [2.24, 2.45) is 0 Å². The van der Waals surface area contributed by atoms with Gasteiger partial charge < -0.3 is 10.6 Å². The molecule has 1 aliphatic rings. The van der Waals surface area contributed by atoms with Gasteiger partial charge in [-0.1, -0.05) is 29.3 Å². The molecule has 1 aliphatic heterocycles. The van der Waals surface area contributed by atoms with Crippen LogP contribution in [0.1, 0.15) is 16.8 Å². The molecule has 2 N–H and O–H groups in total. The third kappa shape index (κ3) is 2.92. The number of hydrogen-bond donors (Lipinski definition) is 2. The molecule has 5 heteroatoms. The van der Waals surface area contributed by atoms with Gasteiger partial charge in [-0.25, -0.2) is 9.97 Å². The molecule has 0 bridgehead atoms. The molecule has 0 radical (unpaired) electrons. The summed E-state index contributed by atoms with van der Waals surface area (Å²) in [6.45, 7) is 3.93. The molecule has 2 heterocycles. The van der Waals surface area contributed by atoms with E-state index < -0.39 is 0 Å². The number of benzene rings is 1. The number of anilines is 2. The number of fused-ring (bicyclic) bond motifs is 1. The largest absolute Gasteiger partial charge is 0.324 e. The normalized spacial score (nSPS) is 14.5. The Kier molecular flexibility index (Phi) is 3.85. The second-order valence-electron chi connectivity index (χ2n) is 5.00. The molecule has 1 aromatic carbocycles. The molecule has 20 heavy (non-hydrogen) atoms. The number of halogens is 1. The van der Waals surface area contributed by atoms with Crippen molar-refractivity contribution in [2.45, 2.75) is 19.8 Å².